The van der Waals surface area contributed by atoms with Gasteiger partial charge in [0.15, 0.2) is 0 Å². The average molecular weight is 564 g/mol. The van der Waals surface area contributed by atoms with Crippen LogP contribution in [0.3, 0.4) is 0 Å². The fourth-order valence-electron chi connectivity index (χ4n) is 5.82. The monoisotopic (exact) mass is 563 g/mol. The van der Waals surface area contributed by atoms with Crippen molar-refractivity contribution in [1.29, 1.82) is 0 Å². The average Bonchev–Trinajstić information content (AvgIpc) is 3.21. The third-order valence-corrected chi connectivity index (χ3v) is 8.18. The molecule has 222 valence electrons. The van der Waals surface area contributed by atoms with Crippen LogP contribution in [0.15, 0.2) is 66.7 Å². The molecule has 5 atom stereocenters. The molecule has 1 aliphatic rings. The number of carbonyl (C=O) groups is 3. The summed E-state index contributed by atoms with van der Waals surface area (Å²) in [6.07, 6.45) is 8.62. The Morgan fingerprint density at radius 1 is 1.07 bits per heavy atom. The number of aliphatic hydroxyl groups excluding tert-OH is 1. The van der Waals surface area contributed by atoms with Crippen LogP contribution in [0.4, 0.5) is 5.69 Å². The van der Waals surface area contributed by atoms with Crippen molar-refractivity contribution in [1.82, 2.24) is 0 Å². The summed E-state index contributed by atoms with van der Waals surface area (Å²) in [5, 5.41) is 33.6. The standard InChI is InChI=1S/C34H45NO6/c1-3-4-21-34(2,41)22-11-17-28-27(30(36)23-31(28)37)16-10-14-24(19-20-32(38)39)26-15-8-9-18-29(26)35-33(40)25-12-6-5-7-13-25/h5-9,11-13,15,17-18,24,27-28,31,37,41H,3-4,10,14,16,19-23H2,1-2H3,(H,35,40)(H,38,39)/b17-11+/t24?,27-,28-,31-,34?/m1/s1. The second-order valence-corrected chi connectivity index (χ2v) is 11.6. The molecule has 0 bridgehead atoms. The summed E-state index contributed by atoms with van der Waals surface area (Å²) in [4.78, 5) is 37.1. The minimum absolute atomic E-state index is 0.00394. The lowest BCUT2D eigenvalue weighted by Gasteiger charge is -2.23. The van der Waals surface area contributed by atoms with E-state index in [0.29, 0.717) is 49.8 Å². The molecule has 2 aromatic carbocycles. The molecule has 1 saturated carbocycles. The van der Waals surface area contributed by atoms with Crippen molar-refractivity contribution in [2.24, 2.45) is 11.8 Å². The third-order valence-electron chi connectivity index (χ3n) is 8.18. The van der Waals surface area contributed by atoms with Gasteiger partial charge in [-0.05, 0) is 68.7 Å². The minimum atomic E-state index is -0.880. The molecule has 0 heterocycles. The van der Waals surface area contributed by atoms with Gasteiger partial charge in [-0.2, -0.15) is 0 Å². The molecule has 3 rings (SSSR count). The number of hydrogen-bond donors (Lipinski definition) is 4. The van der Waals surface area contributed by atoms with E-state index < -0.39 is 17.7 Å². The second-order valence-electron chi connectivity index (χ2n) is 11.6. The topological polar surface area (TPSA) is 124 Å². The second kappa shape index (κ2) is 15.6. The summed E-state index contributed by atoms with van der Waals surface area (Å²) in [5.41, 5.74) is 1.26. The van der Waals surface area contributed by atoms with Gasteiger partial charge in [-0.1, -0.05) is 74.7 Å². The fourth-order valence-corrected chi connectivity index (χ4v) is 5.82. The number of carboxylic acids is 1. The number of benzene rings is 2. The number of hydrogen-bond acceptors (Lipinski definition) is 5. The first-order valence-corrected chi connectivity index (χ1v) is 14.9. The van der Waals surface area contributed by atoms with Crippen molar-refractivity contribution in [3.8, 4) is 0 Å². The largest absolute Gasteiger partial charge is 0.481 e. The highest BCUT2D eigenvalue weighted by Crippen LogP contribution is 2.38. The van der Waals surface area contributed by atoms with Crippen LogP contribution in [0.25, 0.3) is 0 Å². The van der Waals surface area contributed by atoms with Crippen molar-refractivity contribution in [3.63, 3.8) is 0 Å². The number of Topliss-reactive ketones (excluding diaryl/α,β-unsaturated/α-hetero) is 1. The summed E-state index contributed by atoms with van der Waals surface area (Å²) in [7, 11) is 0. The Kier molecular flexibility index (Phi) is 12.3. The molecule has 0 aromatic heterocycles. The number of rotatable bonds is 16. The molecule has 4 N–H and O–H groups in total. The summed E-state index contributed by atoms with van der Waals surface area (Å²) in [5.74, 6) is -1.79. The lowest BCUT2D eigenvalue weighted by atomic mass is 9.84. The molecular formula is C34H45NO6. The summed E-state index contributed by atoms with van der Waals surface area (Å²) >= 11 is 0. The molecule has 7 nitrogen and oxygen atoms in total. The Morgan fingerprint density at radius 3 is 2.49 bits per heavy atom. The Balaban J connectivity index is 1.69. The van der Waals surface area contributed by atoms with Crippen molar-refractivity contribution in [3.05, 3.63) is 77.9 Å². The molecular weight excluding hydrogens is 518 g/mol. The van der Waals surface area contributed by atoms with Crippen molar-refractivity contribution in [2.45, 2.75) is 95.7 Å². The predicted molar refractivity (Wildman–Crippen MR) is 161 cm³/mol. The predicted octanol–water partition coefficient (Wildman–Crippen LogP) is 6.51. The fraction of sp³-hybridized carbons (Fsp3) is 0.500. The quantitative estimate of drug-likeness (QED) is 0.173. The smallest absolute Gasteiger partial charge is 0.303 e. The maximum atomic E-state index is 12.9. The van der Waals surface area contributed by atoms with Gasteiger partial charge >= 0.3 is 5.97 Å². The molecule has 0 aliphatic heterocycles. The van der Waals surface area contributed by atoms with E-state index in [1.165, 1.54) is 0 Å². The van der Waals surface area contributed by atoms with Gasteiger partial charge in [-0.15, -0.1) is 0 Å². The van der Waals surface area contributed by atoms with E-state index in [4.69, 9.17) is 0 Å². The summed E-state index contributed by atoms with van der Waals surface area (Å²) in [6.45, 7) is 3.90. The zero-order chi connectivity index (χ0) is 29.8. The number of ketones is 1. The molecule has 2 aromatic rings. The minimum Gasteiger partial charge on any atom is -0.481 e. The van der Waals surface area contributed by atoms with E-state index in [-0.39, 0.29) is 42.3 Å². The van der Waals surface area contributed by atoms with E-state index in [2.05, 4.69) is 12.2 Å². The first-order valence-electron chi connectivity index (χ1n) is 14.9. The van der Waals surface area contributed by atoms with Gasteiger partial charge in [0, 0.05) is 35.9 Å². The van der Waals surface area contributed by atoms with E-state index in [9.17, 15) is 29.7 Å². The molecule has 1 fully saturated rings. The molecule has 1 aliphatic carbocycles. The third kappa shape index (κ3) is 9.94. The highest BCUT2D eigenvalue weighted by atomic mass is 16.4. The number of carbonyl (C=O) groups excluding carboxylic acids is 2. The highest BCUT2D eigenvalue weighted by molar-refractivity contribution is 6.04. The van der Waals surface area contributed by atoms with Gasteiger partial charge in [0.05, 0.1) is 11.7 Å². The van der Waals surface area contributed by atoms with Crippen LogP contribution in [0.1, 0.15) is 99.9 Å². The van der Waals surface area contributed by atoms with Crippen LogP contribution in [0, 0.1) is 11.8 Å². The number of aliphatic hydroxyl groups is 2. The normalized spacial score (nSPS) is 21.1. The Bertz CT molecular complexity index is 1170. The first kappa shape index (κ1) is 32.2. The number of para-hydroxylation sites is 1. The van der Waals surface area contributed by atoms with Crippen LogP contribution in [-0.4, -0.2) is 44.7 Å². The van der Waals surface area contributed by atoms with Crippen molar-refractivity contribution < 1.29 is 29.7 Å². The van der Waals surface area contributed by atoms with E-state index in [0.717, 1.165) is 18.4 Å². The number of amides is 1. The zero-order valence-electron chi connectivity index (χ0n) is 24.3. The lowest BCUT2D eigenvalue weighted by molar-refractivity contribution is -0.137. The van der Waals surface area contributed by atoms with Crippen molar-refractivity contribution in [2.75, 3.05) is 5.32 Å². The summed E-state index contributed by atoms with van der Waals surface area (Å²) in [6, 6.07) is 16.4. The maximum absolute atomic E-state index is 12.9. The van der Waals surface area contributed by atoms with Crippen molar-refractivity contribution >= 4 is 23.3 Å². The number of nitrogens with one attached hydrogen (secondary N) is 1. The van der Waals surface area contributed by atoms with E-state index in [1.807, 2.05) is 49.4 Å². The Labute approximate surface area is 243 Å². The highest BCUT2D eigenvalue weighted by Gasteiger charge is 2.39. The molecule has 0 saturated heterocycles. The Morgan fingerprint density at radius 2 is 1.78 bits per heavy atom. The van der Waals surface area contributed by atoms with Gasteiger partial charge in [-0.3, -0.25) is 14.4 Å². The summed E-state index contributed by atoms with van der Waals surface area (Å²) < 4.78 is 0. The lowest BCUT2D eigenvalue weighted by Crippen LogP contribution is -2.23. The number of aliphatic carboxylic acids is 1. The molecule has 7 heteroatoms. The van der Waals surface area contributed by atoms with Crippen LogP contribution < -0.4 is 5.32 Å². The van der Waals surface area contributed by atoms with Crippen LogP contribution >= 0.6 is 0 Å². The van der Waals surface area contributed by atoms with Gasteiger partial charge in [0.1, 0.15) is 5.78 Å². The van der Waals surface area contributed by atoms with Gasteiger partial charge in [-0.25, -0.2) is 0 Å². The molecule has 0 radical (unpaired) electrons. The molecule has 0 spiro atoms. The van der Waals surface area contributed by atoms with E-state index in [1.54, 1.807) is 24.3 Å². The maximum Gasteiger partial charge on any atom is 0.303 e. The van der Waals surface area contributed by atoms with Gasteiger partial charge in [0.25, 0.3) is 5.91 Å². The van der Waals surface area contributed by atoms with Gasteiger partial charge < -0.3 is 20.6 Å². The number of anilines is 1. The number of unbranched alkanes of at least 4 members (excludes halogenated alkanes) is 1. The van der Waals surface area contributed by atoms with Gasteiger partial charge in [0.2, 0.25) is 0 Å². The zero-order valence-corrected chi connectivity index (χ0v) is 24.3. The molecule has 2 unspecified atom stereocenters. The van der Waals surface area contributed by atoms with E-state index >= 15 is 0 Å². The molecule has 1 amide bonds. The van der Waals surface area contributed by atoms with Crippen LogP contribution in [0.2, 0.25) is 0 Å². The number of carboxylic acid groups (broad SMARTS) is 1. The Hall–Kier alpha value is -3.29. The SMILES string of the molecule is CCCCC(C)(O)C/C=C/[C@H]1[C@H](O)CC(=O)[C@@H]1CCCC(CCC(=O)O)c1ccccc1NC(=O)c1ccccc1. The van der Waals surface area contributed by atoms with Crippen LogP contribution in [-0.2, 0) is 9.59 Å². The first-order chi connectivity index (χ1) is 19.6. The van der Waals surface area contributed by atoms with Crippen LogP contribution in [0.5, 0.6) is 0 Å². The molecule has 41 heavy (non-hydrogen) atoms.